The van der Waals surface area contributed by atoms with Gasteiger partial charge in [0.15, 0.2) is 0 Å². The molecule has 1 saturated carbocycles. The molecule has 1 aliphatic heterocycles. The van der Waals surface area contributed by atoms with Crippen LogP contribution in [0, 0.1) is 0 Å². The van der Waals surface area contributed by atoms with Crippen molar-refractivity contribution in [1.82, 2.24) is 15.1 Å². The summed E-state index contributed by atoms with van der Waals surface area (Å²) in [4.78, 5) is 17.8. The van der Waals surface area contributed by atoms with Gasteiger partial charge in [0.1, 0.15) is 5.75 Å². The van der Waals surface area contributed by atoms with Crippen molar-refractivity contribution in [2.24, 2.45) is 0 Å². The van der Waals surface area contributed by atoms with Gasteiger partial charge < -0.3 is 15.0 Å². The number of carbonyl (C=O) groups is 1. The molecule has 1 aromatic carbocycles. The number of amides is 1. The molecule has 0 unspecified atom stereocenters. The van der Waals surface area contributed by atoms with E-state index in [1.807, 2.05) is 38.1 Å². The Balaban J connectivity index is 1.62. The lowest BCUT2D eigenvalue weighted by molar-refractivity contribution is 0.0138. The second-order valence-corrected chi connectivity index (χ2v) is 8.45. The largest absolute Gasteiger partial charge is 0.491 e. The molecule has 2 aliphatic rings. The average molecular weight is 374 g/mol. The van der Waals surface area contributed by atoms with E-state index < -0.39 is 0 Å². The van der Waals surface area contributed by atoms with Gasteiger partial charge >= 0.3 is 0 Å². The summed E-state index contributed by atoms with van der Waals surface area (Å²) in [6.45, 7) is 9.20. The SMILES string of the molecule is CC(C)Oc1ccc(C(=O)NCC2(N3CCN(C)CC3)CCCCC2)cc1. The maximum Gasteiger partial charge on any atom is 0.251 e. The molecule has 5 heteroatoms. The second kappa shape index (κ2) is 9.07. The zero-order valence-electron chi connectivity index (χ0n) is 17.2. The number of likely N-dealkylation sites (N-methyl/N-ethyl adjacent to an activating group) is 1. The van der Waals surface area contributed by atoms with Crippen molar-refractivity contribution < 1.29 is 9.53 Å². The Bertz CT molecular complexity index is 600. The quantitative estimate of drug-likeness (QED) is 0.832. The first kappa shape index (κ1) is 20.2. The maximum atomic E-state index is 12.7. The smallest absolute Gasteiger partial charge is 0.251 e. The van der Waals surface area contributed by atoms with Gasteiger partial charge in [-0.3, -0.25) is 9.69 Å². The zero-order valence-corrected chi connectivity index (χ0v) is 17.2. The molecule has 0 radical (unpaired) electrons. The van der Waals surface area contributed by atoms with Gasteiger partial charge in [-0.15, -0.1) is 0 Å². The lowest BCUT2D eigenvalue weighted by Gasteiger charge is -2.49. The molecular formula is C22H35N3O2. The molecule has 1 amide bonds. The third-order valence-electron chi connectivity index (χ3n) is 6.02. The van der Waals surface area contributed by atoms with Gasteiger partial charge in [-0.2, -0.15) is 0 Å². The van der Waals surface area contributed by atoms with Crippen LogP contribution in [0.1, 0.15) is 56.3 Å². The van der Waals surface area contributed by atoms with E-state index in [-0.39, 0.29) is 17.6 Å². The highest BCUT2D eigenvalue weighted by molar-refractivity contribution is 5.94. The van der Waals surface area contributed by atoms with Gasteiger partial charge in [-0.25, -0.2) is 0 Å². The molecule has 1 N–H and O–H groups in total. The van der Waals surface area contributed by atoms with Gasteiger partial charge in [-0.1, -0.05) is 19.3 Å². The van der Waals surface area contributed by atoms with Crippen LogP contribution in [0.2, 0.25) is 0 Å². The van der Waals surface area contributed by atoms with Crippen molar-refractivity contribution >= 4 is 5.91 Å². The summed E-state index contributed by atoms with van der Waals surface area (Å²) in [6.07, 6.45) is 6.38. The molecule has 150 valence electrons. The van der Waals surface area contributed by atoms with Crippen molar-refractivity contribution in [3.63, 3.8) is 0 Å². The standard InChI is InChI=1S/C22H35N3O2/c1-18(2)27-20-9-7-19(8-10-20)21(26)23-17-22(11-5-4-6-12-22)25-15-13-24(3)14-16-25/h7-10,18H,4-6,11-17H2,1-3H3,(H,23,26). The van der Waals surface area contributed by atoms with Gasteiger partial charge in [0.2, 0.25) is 0 Å². The second-order valence-electron chi connectivity index (χ2n) is 8.45. The molecule has 3 rings (SSSR count). The molecule has 2 fully saturated rings. The highest BCUT2D eigenvalue weighted by Gasteiger charge is 2.39. The van der Waals surface area contributed by atoms with Crippen molar-refractivity contribution in [3.8, 4) is 5.75 Å². The molecular weight excluding hydrogens is 338 g/mol. The fourth-order valence-electron chi connectivity index (χ4n) is 4.40. The summed E-state index contributed by atoms with van der Waals surface area (Å²) in [5.41, 5.74) is 0.839. The Morgan fingerprint density at radius 2 is 1.70 bits per heavy atom. The van der Waals surface area contributed by atoms with E-state index in [1.54, 1.807) is 0 Å². The Labute approximate surface area is 164 Å². The summed E-state index contributed by atoms with van der Waals surface area (Å²) in [6, 6.07) is 7.48. The molecule has 0 atom stereocenters. The number of ether oxygens (including phenoxy) is 1. The lowest BCUT2D eigenvalue weighted by atomic mass is 9.79. The van der Waals surface area contributed by atoms with Crippen LogP contribution < -0.4 is 10.1 Å². The number of benzene rings is 1. The van der Waals surface area contributed by atoms with E-state index in [1.165, 1.54) is 32.1 Å². The number of nitrogens with one attached hydrogen (secondary N) is 1. The zero-order chi connectivity index (χ0) is 19.3. The highest BCUT2D eigenvalue weighted by Crippen LogP contribution is 2.34. The van der Waals surface area contributed by atoms with Gasteiger partial charge in [0, 0.05) is 43.8 Å². The first-order chi connectivity index (χ1) is 13.0. The fourth-order valence-corrected chi connectivity index (χ4v) is 4.40. The van der Waals surface area contributed by atoms with Crippen molar-refractivity contribution in [2.45, 2.75) is 57.6 Å². The van der Waals surface area contributed by atoms with Crippen molar-refractivity contribution in [3.05, 3.63) is 29.8 Å². The molecule has 0 spiro atoms. The molecule has 1 saturated heterocycles. The Hall–Kier alpha value is -1.59. The van der Waals surface area contributed by atoms with Gasteiger partial charge in [0.05, 0.1) is 6.10 Å². The van der Waals surface area contributed by atoms with Crippen LogP contribution in [-0.2, 0) is 0 Å². The topological polar surface area (TPSA) is 44.8 Å². The molecule has 1 aromatic rings. The molecule has 1 aliphatic carbocycles. The summed E-state index contributed by atoms with van der Waals surface area (Å²) < 4.78 is 5.67. The lowest BCUT2D eigenvalue weighted by Crippen LogP contribution is -2.61. The predicted molar refractivity (Wildman–Crippen MR) is 109 cm³/mol. The maximum absolute atomic E-state index is 12.7. The molecule has 27 heavy (non-hydrogen) atoms. The average Bonchev–Trinajstić information content (AvgIpc) is 2.67. The third kappa shape index (κ3) is 5.23. The number of hydrogen-bond acceptors (Lipinski definition) is 4. The summed E-state index contributed by atoms with van der Waals surface area (Å²) >= 11 is 0. The van der Waals surface area contributed by atoms with Crippen LogP contribution in [0.15, 0.2) is 24.3 Å². The highest BCUT2D eigenvalue weighted by atomic mass is 16.5. The van der Waals surface area contributed by atoms with Crippen LogP contribution in [-0.4, -0.2) is 67.1 Å². The number of nitrogens with zero attached hydrogens (tertiary/aromatic N) is 2. The van der Waals surface area contributed by atoms with E-state index >= 15 is 0 Å². The van der Waals surface area contributed by atoms with Crippen LogP contribution in [0.4, 0.5) is 0 Å². The Morgan fingerprint density at radius 1 is 1.07 bits per heavy atom. The Kier molecular flexibility index (Phi) is 6.77. The molecule has 0 aromatic heterocycles. The van der Waals surface area contributed by atoms with Gasteiger partial charge in [0.25, 0.3) is 5.91 Å². The first-order valence-corrected chi connectivity index (χ1v) is 10.5. The van der Waals surface area contributed by atoms with E-state index in [0.717, 1.165) is 38.5 Å². The minimum absolute atomic E-state index is 0.0187. The minimum atomic E-state index is 0.0187. The third-order valence-corrected chi connectivity index (χ3v) is 6.02. The molecule has 0 bridgehead atoms. The molecule has 1 heterocycles. The Morgan fingerprint density at radius 3 is 2.30 bits per heavy atom. The fraction of sp³-hybridized carbons (Fsp3) is 0.682. The number of carbonyl (C=O) groups excluding carboxylic acids is 1. The number of rotatable bonds is 6. The van der Waals surface area contributed by atoms with Crippen LogP contribution in [0.25, 0.3) is 0 Å². The summed E-state index contributed by atoms with van der Waals surface area (Å²) in [5.74, 6) is 0.827. The van der Waals surface area contributed by atoms with Crippen LogP contribution in [0.5, 0.6) is 5.75 Å². The van der Waals surface area contributed by atoms with E-state index in [9.17, 15) is 4.79 Å². The van der Waals surface area contributed by atoms with Crippen molar-refractivity contribution in [2.75, 3.05) is 39.8 Å². The van der Waals surface area contributed by atoms with Crippen LogP contribution in [0.3, 0.4) is 0 Å². The van der Waals surface area contributed by atoms with Gasteiger partial charge in [-0.05, 0) is 58.0 Å². The predicted octanol–water partition coefficient (Wildman–Crippen LogP) is 3.15. The van der Waals surface area contributed by atoms with E-state index in [2.05, 4.69) is 22.2 Å². The van der Waals surface area contributed by atoms with Crippen LogP contribution >= 0.6 is 0 Å². The van der Waals surface area contributed by atoms with E-state index in [4.69, 9.17) is 4.74 Å². The first-order valence-electron chi connectivity index (χ1n) is 10.5. The monoisotopic (exact) mass is 373 g/mol. The number of hydrogen-bond donors (Lipinski definition) is 1. The molecule has 5 nitrogen and oxygen atoms in total. The normalized spacial score (nSPS) is 21.2. The number of piperazine rings is 1. The summed E-state index contributed by atoms with van der Waals surface area (Å²) in [5, 5.41) is 3.24. The van der Waals surface area contributed by atoms with E-state index in [0.29, 0.717) is 5.56 Å². The van der Waals surface area contributed by atoms with Crippen molar-refractivity contribution in [1.29, 1.82) is 0 Å². The minimum Gasteiger partial charge on any atom is -0.491 e. The summed E-state index contributed by atoms with van der Waals surface area (Å²) in [7, 11) is 2.19.